The molecule has 1 fully saturated rings. The summed E-state index contributed by atoms with van der Waals surface area (Å²) in [7, 11) is 2.13. The highest BCUT2D eigenvalue weighted by atomic mass is 35.5. The Morgan fingerprint density at radius 2 is 1.89 bits per heavy atom. The SMILES string of the molecule is CN(CCN)Cc1ccccc1N1CCCC1.Cl. The molecule has 1 aromatic carbocycles. The molecule has 1 aliphatic rings. The molecule has 0 saturated carbocycles. The van der Waals surface area contributed by atoms with E-state index in [1.807, 2.05) is 0 Å². The molecule has 0 atom stereocenters. The molecular weight excluding hydrogens is 246 g/mol. The number of benzene rings is 1. The van der Waals surface area contributed by atoms with Gasteiger partial charge in [0.05, 0.1) is 0 Å². The van der Waals surface area contributed by atoms with Crippen LogP contribution in [0.4, 0.5) is 5.69 Å². The van der Waals surface area contributed by atoms with Crippen molar-refractivity contribution in [3.05, 3.63) is 29.8 Å². The molecule has 0 aliphatic carbocycles. The highest BCUT2D eigenvalue weighted by Gasteiger charge is 2.15. The van der Waals surface area contributed by atoms with Gasteiger partial charge in [-0.1, -0.05) is 18.2 Å². The number of nitrogens with two attached hydrogens (primary N) is 1. The molecule has 0 unspecified atom stereocenters. The van der Waals surface area contributed by atoms with Gasteiger partial charge in [0.15, 0.2) is 0 Å². The predicted molar refractivity (Wildman–Crippen MR) is 80.5 cm³/mol. The standard InChI is InChI=1S/C14H23N3.ClH/c1-16(11-8-15)12-13-6-2-3-7-14(13)17-9-4-5-10-17;/h2-3,6-7H,4-5,8-12,15H2,1H3;1H. The summed E-state index contributed by atoms with van der Waals surface area (Å²) in [5, 5.41) is 0. The Labute approximate surface area is 116 Å². The Kier molecular flexibility index (Phi) is 6.47. The smallest absolute Gasteiger partial charge is 0.0411 e. The molecule has 0 radical (unpaired) electrons. The second kappa shape index (κ2) is 7.62. The number of hydrogen-bond donors (Lipinski definition) is 1. The summed E-state index contributed by atoms with van der Waals surface area (Å²) in [4.78, 5) is 4.79. The van der Waals surface area contributed by atoms with Crippen LogP contribution in [0.3, 0.4) is 0 Å². The highest BCUT2D eigenvalue weighted by molar-refractivity contribution is 5.85. The van der Waals surface area contributed by atoms with Gasteiger partial charge >= 0.3 is 0 Å². The normalized spacial score (nSPS) is 14.9. The summed E-state index contributed by atoms with van der Waals surface area (Å²) in [6.07, 6.45) is 2.65. The fourth-order valence-electron chi connectivity index (χ4n) is 2.50. The Morgan fingerprint density at radius 1 is 1.22 bits per heavy atom. The Bertz CT molecular complexity index is 351. The number of para-hydroxylation sites is 1. The first-order valence-corrected chi connectivity index (χ1v) is 6.52. The van der Waals surface area contributed by atoms with Gasteiger partial charge in [-0.25, -0.2) is 0 Å². The van der Waals surface area contributed by atoms with Crippen molar-refractivity contribution in [1.82, 2.24) is 4.90 Å². The van der Waals surface area contributed by atoms with Crippen molar-refractivity contribution in [2.75, 3.05) is 38.1 Å². The molecule has 3 nitrogen and oxygen atoms in total. The number of likely N-dealkylation sites (N-methyl/N-ethyl adjacent to an activating group) is 1. The highest BCUT2D eigenvalue weighted by Crippen LogP contribution is 2.25. The second-order valence-electron chi connectivity index (χ2n) is 4.85. The van der Waals surface area contributed by atoms with Crippen molar-refractivity contribution in [2.45, 2.75) is 19.4 Å². The van der Waals surface area contributed by atoms with E-state index in [0.717, 1.165) is 19.6 Å². The van der Waals surface area contributed by atoms with Crippen molar-refractivity contribution in [3.8, 4) is 0 Å². The molecular formula is C14H24ClN3. The fraction of sp³-hybridized carbons (Fsp3) is 0.571. The molecule has 102 valence electrons. The van der Waals surface area contributed by atoms with Crippen molar-refractivity contribution in [2.24, 2.45) is 5.73 Å². The summed E-state index contributed by atoms with van der Waals surface area (Å²) in [5.41, 5.74) is 8.42. The Hall–Kier alpha value is -0.770. The average Bonchev–Trinajstić information content (AvgIpc) is 2.83. The van der Waals surface area contributed by atoms with Crippen LogP contribution in [0.25, 0.3) is 0 Å². The maximum atomic E-state index is 5.59. The summed E-state index contributed by atoms with van der Waals surface area (Å²) >= 11 is 0. The second-order valence-corrected chi connectivity index (χ2v) is 4.85. The van der Waals surface area contributed by atoms with E-state index in [1.165, 1.54) is 37.2 Å². The molecule has 0 amide bonds. The van der Waals surface area contributed by atoms with Crippen LogP contribution in [0.2, 0.25) is 0 Å². The molecule has 0 spiro atoms. The van der Waals surface area contributed by atoms with Gasteiger partial charge in [0.25, 0.3) is 0 Å². The van der Waals surface area contributed by atoms with Crippen LogP contribution in [0.5, 0.6) is 0 Å². The van der Waals surface area contributed by atoms with Crippen LogP contribution >= 0.6 is 12.4 Å². The van der Waals surface area contributed by atoms with Crippen LogP contribution < -0.4 is 10.6 Å². The van der Waals surface area contributed by atoms with E-state index in [0.29, 0.717) is 0 Å². The summed E-state index contributed by atoms with van der Waals surface area (Å²) in [5.74, 6) is 0. The van der Waals surface area contributed by atoms with E-state index in [2.05, 4.69) is 41.1 Å². The topological polar surface area (TPSA) is 32.5 Å². The van der Waals surface area contributed by atoms with Gasteiger partial charge < -0.3 is 15.5 Å². The average molecular weight is 270 g/mol. The molecule has 1 aromatic rings. The first kappa shape index (κ1) is 15.3. The molecule has 1 heterocycles. The van der Waals surface area contributed by atoms with E-state index in [1.54, 1.807) is 0 Å². The Morgan fingerprint density at radius 3 is 2.56 bits per heavy atom. The lowest BCUT2D eigenvalue weighted by Gasteiger charge is -2.24. The number of halogens is 1. The van der Waals surface area contributed by atoms with E-state index < -0.39 is 0 Å². The van der Waals surface area contributed by atoms with Gasteiger partial charge in [0.2, 0.25) is 0 Å². The number of hydrogen-bond acceptors (Lipinski definition) is 3. The number of nitrogens with zero attached hydrogens (tertiary/aromatic N) is 2. The van der Waals surface area contributed by atoms with E-state index in [9.17, 15) is 0 Å². The zero-order valence-electron chi connectivity index (χ0n) is 11.1. The molecule has 4 heteroatoms. The first-order chi connectivity index (χ1) is 8.31. The van der Waals surface area contributed by atoms with Crippen LogP contribution in [-0.2, 0) is 6.54 Å². The van der Waals surface area contributed by atoms with Gasteiger partial charge in [-0.3, -0.25) is 0 Å². The lowest BCUT2D eigenvalue weighted by molar-refractivity contribution is 0.336. The fourth-order valence-corrected chi connectivity index (χ4v) is 2.50. The third-order valence-corrected chi connectivity index (χ3v) is 3.39. The van der Waals surface area contributed by atoms with Crippen LogP contribution in [-0.4, -0.2) is 38.1 Å². The van der Waals surface area contributed by atoms with Gasteiger partial charge in [-0.05, 0) is 31.5 Å². The number of anilines is 1. The lowest BCUT2D eigenvalue weighted by atomic mass is 10.1. The minimum atomic E-state index is 0. The zero-order chi connectivity index (χ0) is 12.1. The molecule has 1 saturated heterocycles. The molecule has 2 rings (SSSR count). The van der Waals surface area contributed by atoms with Crippen LogP contribution in [0, 0.1) is 0 Å². The minimum Gasteiger partial charge on any atom is -0.371 e. The van der Waals surface area contributed by atoms with Gasteiger partial charge in [0.1, 0.15) is 0 Å². The van der Waals surface area contributed by atoms with Gasteiger partial charge in [-0.15, -0.1) is 12.4 Å². The predicted octanol–water partition coefficient (Wildman–Crippen LogP) is 2.10. The molecule has 2 N–H and O–H groups in total. The number of rotatable bonds is 5. The van der Waals surface area contributed by atoms with Gasteiger partial charge in [-0.2, -0.15) is 0 Å². The molecule has 1 aliphatic heterocycles. The summed E-state index contributed by atoms with van der Waals surface area (Å²) in [6.45, 7) is 5.08. The third kappa shape index (κ3) is 3.87. The lowest BCUT2D eigenvalue weighted by Crippen LogP contribution is -2.26. The van der Waals surface area contributed by atoms with Crippen LogP contribution in [0.15, 0.2) is 24.3 Å². The summed E-state index contributed by atoms with van der Waals surface area (Å²) < 4.78 is 0. The third-order valence-electron chi connectivity index (χ3n) is 3.39. The van der Waals surface area contributed by atoms with Crippen LogP contribution in [0.1, 0.15) is 18.4 Å². The van der Waals surface area contributed by atoms with E-state index in [4.69, 9.17) is 5.73 Å². The maximum absolute atomic E-state index is 5.59. The monoisotopic (exact) mass is 269 g/mol. The van der Waals surface area contributed by atoms with E-state index in [-0.39, 0.29) is 12.4 Å². The van der Waals surface area contributed by atoms with E-state index >= 15 is 0 Å². The quantitative estimate of drug-likeness (QED) is 0.889. The Balaban J connectivity index is 0.00000162. The summed E-state index contributed by atoms with van der Waals surface area (Å²) in [6, 6.07) is 8.75. The molecule has 18 heavy (non-hydrogen) atoms. The van der Waals surface area contributed by atoms with Crippen molar-refractivity contribution < 1.29 is 0 Å². The van der Waals surface area contributed by atoms with Crippen molar-refractivity contribution in [3.63, 3.8) is 0 Å². The van der Waals surface area contributed by atoms with Gasteiger partial charge in [0, 0.05) is 38.4 Å². The first-order valence-electron chi connectivity index (χ1n) is 6.52. The zero-order valence-corrected chi connectivity index (χ0v) is 12.0. The van der Waals surface area contributed by atoms with Crippen molar-refractivity contribution >= 4 is 18.1 Å². The largest absolute Gasteiger partial charge is 0.371 e. The molecule has 0 bridgehead atoms. The maximum Gasteiger partial charge on any atom is 0.0411 e. The van der Waals surface area contributed by atoms with Crippen molar-refractivity contribution in [1.29, 1.82) is 0 Å². The molecule has 0 aromatic heterocycles. The minimum absolute atomic E-state index is 0.